The predicted molar refractivity (Wildman–Crippen MR) is 68.4 cm³/mol. The summed E-state index contributed by atoms with van der Waals surface area (Å²) in [6.45, 7) is 2.18. The van der Waals surface area contributed by atoms with Gasteiger partial charge in [-0.2, -0.15) is 0 Å². The molecule has 1 fully saturated rings. The zero-order chi connectivity index (χ0) is 13.0. The fraction of sp³-hybridized carbons (Fsp3) is 0.538. The Morgan fingerprint density at radius 1 is 1.22 bits per heavy atom. The van der Waals surface area contributed by atoms with E-state index in [1.165, 1.54) is 0 Å². The summed E-state index contributed by atoms with van der Waals surface area (Å²) < 4.78 is 21.4. The Balaban J connectivity index is 2.06. The minimum Gasteiger partial charge on any atom is -0.493 e. The Morgan fingerprint density at radius 3 is 2.56 bits per heavy atom. The maximum absolute atomic E-state index is 5.91. The summed E-state index contributed by atoms with van der Waals surface area (Å²) in [5.74, 6) is 2.29. The topological polar surface area (TPSA) is 62.9 Å². The zero-order valence-electron chi connectivity index (χ0n) is 10.8. The first-order chi connectivity index (χ1) is 8.74. The highest BCUT2D eigenvalue weighted by atomic mass is 16.5. The molecule has 1 aromatic carbocycles. The summed E-state index contributed by atoms with van der Waals surface area (Å²) in [5.41, 5.74) is 6.46. The van der Waals surface area contributed by atoms with Crippen LogP contribution < -0.4 is 19.9 Å². The van der Waals surface area contributed by atoms with Gasteiger partial charge in [0, 0.05) is 24.7 Å². The normalized spacial score (nSPS) is 18.7. The third-order valence-corrected chi connectivity index (χ3v) is 3.01. The van der Waals surface area contributed by atoms with Gasteiger partial charge in [-0.05, 0) is 6.42 Å². The number of hydrogen-bond donors (Lipinski definition) is 1. The molecular weight excluding hydrogens is 234 g/mol. The molecule has 0 radical (unpaired) electrons. The van der Waals surface area contributed by atoms with Crippen LogP contribution in [0, 0.1) is 5.92 Å². The lowest BCUT2D eigenvalue weighted by Crippen LogP contribution is -2.12. The summed E-state index contributed by atoms with van der Waals surface area (Å²) in [6, 6.07) is 3.46. The van der Waals surface area contributed by atoms with Gasteiger partial charge in [-0.25, -0.2) is 0 Å². The van der Waals surface area contributed by atoms with E-state index in [2.05, 4.69) is 0 Å². The van der Waals surface area contributed by atoms with Crippen LogP contribution in [0.4, 0.5) is 5.69 Å². The van der Waals surface area contributed by atoms with Crippen molar-refractivity contribution in [3.8, 4) is 17.2 Å². The predicted octanol–water partition coefficient (Wildman–Crippen LogP) is 1.70. The van der Waals surface area contributed by atoms with Crippen LogP contribution in [0.25, 0.3) is 0 Å². The molecule has 1 aromatic rings. The van der Waals surface area contributed by atoms with Gasteiger partial charge in [-0.3, -0.25) is 0 Å². The average molecular weight is 253 g/mol. The van der Waals surface area contributed by atoms with E-state index >= 15 is 0 Å². The van der Waals surface area contributed by atoms with E-state index in [4.69, 9.17) is 24.7 Å². The lowest BCUT2D eigenvalue weighted by atomic mass is 10.1. The van der Waals surface area contributed by atoms with E-state index in [0.717, 1.165) is 19.6 Å². The van der Waals surface area contributed by atoms with E-state index in [1.807, 2.05) is 0 Å². The molecule has 1 heterocycles. The Labute approximate surface area is 107 Å². The highest BCUT2D eigenvalue weighted by Crippen LogP contribution is 2.36. The summed E-state index contributed by atoms with van der Waals surface area (Å²) >= 11 is 0. The number of hydrogen-bond acceptors (Lipinski definition) is 5. The standard InChI is InChI=1S/C13H19NO4/c1-15-12-5-10(14)11(6-13(12)16-2)18-8-9-3-4-17-7-9/h5-6,9H,3-4,7-8,14H2,1-2H3. The van der Waals surface area contributed by atoms with Crippen molar-refractivity contribution in [3.63, 3.8) is 0 Å². The second-order valence-electron chi connectivity index (χ2n) is 4.29. The minimum absolute atomic E-state index is 0.442. The van der Waals surface area contributed by atoms with Gasteiger partial charge in [-0.1, -0.05) is 0 Å². The minimum atomic E-state index is 0.442. The van der Waals surface area contributed by atoms with Gasteiger partial charge >= 0.3 is 0 Å². The Kier molecular flexibility index (Phi) is 4.15. The van der Waals surface area contributed by atoms with Crippen LogP contribution in [0.15, 0.2) is 12.1 Å². The molecule has 0 amide bonds. The largest absolute Gasteiger partial charge is 0.493 e. The molecule has 1 saturated heterocycles. The van der Waals surface area contributed by atoms with Crippen molar-refractivity contribution in [1.82, 2.24) is 0 Å². The number of nitrogen functional groups attached to an aromatic ring is 1. The molecule has 1 aliphatic rings. The highest BCUT2D eigenvalue weighted by Gasteiger charge is 2.17. The van der Waals surface area contributed by atoms with E-state index in [9.17, 15) is 0 Å². The molecule has 5 nitrogen and oxygen atoms in total. The van der Waals surface area contributed by atoms with Crippen LogP contribution in [0.2, 0.25) is 0 Å². The fourth-order valence-corrected chi connectivity index (χ4v) is 1.92. The Morgan fingerprint density at radius 2 is 1.94 bits per heavy atom. The second kappa shape index (κ2) is 5.82. The number of rotatable bonds is 5. The van der Waals surface area contributed by atoms with Crippen molar-refractivity contribution in [2.75, 3.05) is 39.8 Å². The molecule has 2 N–H and O–H groups in total. The van der Waals surface area contributed by atoms with E-state index in [1.54, 1.807) is 26.4 Å². The van der Waals surface area contributed by atoms with Crippen molar-refractivity contribution >= 4 is 5.69 Å². The lowest BCUT2D eigenvalue weighted by Gasteiger charge is -2.15. The molecule has 0 aliphatic carbocycles. The van der Waals surface area contributed by atoms with Crippen molar-refractivity contribution < 1.29 is 18.9 Å². The molecule has 1 unspecified atom stereocenters. The van der Waals surface area contributed by atoms with Crippen LogP contribution in [-0.2, 0) is 4.74 Å². The van der Waals surface area contributed by atoms with Gasteiger partial charge in [0.25, 0.3) is 0 Å². The molecule has 100 valence electrons. The van der Waals surface area contributed by atoms with Crippen LogP contribution in [0.3, 0.4) is 0 Å². The molecule has 0 bridgehead atoms. The number of nitrogens with two attached hydrogens (primary N) is 1. The maximum Gasteiger partial charge on any atom is 0.164 e. The molecule has 1 aliphatic heterocycles. The fourth-order valence-electron chi connectivity index (χ4n) is 1.92. The summed E-state index contributed by atoms with van der Waals surface area (Å²) in [7, 11) is 3.16. The van der Waals surface area contributed by atoms with Crippen molar-refractivity contribution in [2.45, 2.75) is 6.42 Å². The number of benzene rings is 1. The number of ether oxygens (including phenoxy) is 4. The SMILES string of the molecule is COc1cc(N)c(OCC2CCOC2)cc1OC. The van der Waals surface area contributed by atoms with Gasteiger partial charge in [0.2, 0.25) is 0 Å². The molecule has 0 saturated carbocycles. The molecule has 2 rings (SSSR count). The van der Waals surface area contributed by atoms with E-state index in [0.29, 0.717) is 35.5 Å². The first-order valence-electron chi connectivity index (χ1n) is 5.96. The number of methoxy groups -OCH3 is 2. The van der Waals surface area contributed by atoms with Crippen molar-refractivity contribution in [1.29, 1.82) is 0 Å². The summed E-state index contributed by atoms with van der Waals surface area (Å²) in [6.07, 6.45) is 1.03. The van der Waals surface area contributed by atoms with Crippen LogP contribution in [0.1, 0.15) is 6.42 Å². The average Bonchev–Trinajstić information content (AvgIpc) is 2.90. The molecule has 0 spiro atoms. The smallest absolute Gasteiger partial charge is 0.164 e. The van der Waals surface area contributed by atoms with Gasteiger partial charge in [0.15, 0.2) is 11.5 Å². The van der Waals surface area contributed by atoms with Gasteiger partial charge in [-0.15, -0.1) is 0 Å². The van der Waals surface area contributed by atoms with Crippen molar-refractivity contribution in [3.05, 3.63) is 12.1 Å². The highest BCUT2D eigenvalue weighted by molar-refractivity contribution is 5.61. The van der Waals surface area contributed by atoms with Gasteiger partial charge in [0.05, 0.1) is 33.1 Å². The van der Waals surface area contributed by atoms with Crippen molar-refractivity contribution in [2.24, 2.45) is 5.92 Å². The first kappa shape index (κ1) is 12.8. The maximum atomic E-state index is 5.91. The van der Waals surface area contributed by atoms with E-state index < -0.39 is 0 Å². The first-order valence-corrected chi connectivity index (χ1v) is 5.96. The van der Waals surface area contributed by atoms with E-state index in [-0.39, 0.29) is 0 Å². The Hall–Kier alpha value is -1.62. The van der Waals surface area contributed by atoms with Gasteiger partial charge < -0.3 is 24.7 Å². The lowest BCUT2D eigenvalue weighted by molar-refractivity contribution is 0.167. The summed E-state index contributed by atoms with van der Waals surface area (Å²) in [5, 5.41) is 0. The molecule has 1 atom stereocenters. The third-order valence-electron chi connectivity index (χ3n) is 3.01. The summed E-state index contributed by atoms with van der Waals surface area (Å²) in [4.78, 5) is 0. The molecule has 18 heavy (non-hydrogen) atoms. The Bertz CT molecular complexity index is 402. The number of anilines is 1. The van der Waals surface area contributed by atoms with Crippen LogP contribution >= 0.6 is 0 Å². The molecule has 5 heteroatoms. The van der Waals surface area contributed by atoms with Gasteiger partial charge in [0.1, 0.15) is 5.75 Å². The zero-order valence-corrected chi connectivity index (χ0v) is 10.8. The quantitative estimate of drug-likeness (QED) is 0.809. The third kappa shape index (κ3) is 2.79. The second-order valence-corrected chi connectivity index (χ2v) is 4.29. The van der Waals surface area contributed by atoms with Crippen LogP contribution in [-0.4, -0.2) is 34.0 Å². The molecular formula is C13H19NO4. The van der Waals surface area contributed by atoms with Crippen LogP contribution in [0.5, 0.6) is 17.2 Å². The monoisotopic (exact) mass is 253 g/mol. The molecule has 0 aromatic heterocycles.